The number of aryl methyl sites for hydroxylation is 2. The Labute approximate surface area is 146 Å². The minimum absolute atomic E-state index is 0.0321. The van der Waals surface area contributed by atoms with Gasteiger partial charge in [0.1, 0.15) is 5.75 Å². The van der Waals surface area contributed by atoms with Crippen molar-refractivity contribution in [1.82, 2.24) is 10.3 Å². The normalized spacial score (nSPS) is 10.5. The Morgan fingerprint density at radius 1 is 1.29 bits per heavy atom. The number of nitrogens with one attached hydrogen (secondary N) is 1. The summed E-state index contributed by atoms with van der Waals surface area (Å²) in [7, 11) is 1.55. The standard InChI is InChI=1S/C18H22N2O3S/c1-11-17(24-13(3)20-11)7-8-19-18(22)10-15-9-14(12(2)21)5-6-16(15)23-4/h5-6,9H,7-8,10H2,1-4H3,(H,19,22). The lowest BCUT2D eigenvalue weighted by Gasteiger charge is -2.10. The summed E-state index contributed by atoms with van der Waals surface area (Å²) < 4.78 is 5.28. The van der Waals surface area contributed by atoms with Gasteiger partial charge in [-0.3, -0.25) is 9.59 Å². The van der Waals surface area contributed by atoms with Crippen LogP contribution in [0.15, 0.2) is 18.2 Å². The van der Waals surface area contributed by atoms with E-state index in [-0.39, 0.29) is 18.1 Å². The second-order valence-electron chi connectivity index (χ2n) is 5.60. The molecule has 5 nitrogen and oxygen atoms in total. The van der Waals surface area contributed by atoms with Gasteiger partial charge in [-0.15, -0.1) is 11.3 Å². The summed E-state index contributed by atoms with van der Waals surface area (Å²) in [4.78, 5) is 29.3. The van der Waals surface area contributed by atoms with Crippen LogP contribution in [0, 0.1) is 13.8 Å². The Balaban J connectivity index is 1.95. The van der Waals surface area contributed by atoms with Crippen LogP contribution in [0.25, 0.3) is 0 Å². The Hall–Kier alpha value is -2.21. The molecule has 1 N–H and O–H groups in total. The van der Waals surface area contributed by atoms with Crippen LogP contribution in [-0.2, 0) is 17.6 Å². The largest absolute Gasteiger partial charge is 0.496 e. The molecule has 0 atom stereocenters. The van der Waals surface area contributed by atoms with Crippen molar-refractivity contribution in [2.75, 3.05) is 13.7 Å². The summed E-state index contributed by atoms with van der Waals surface area (Å²) in [6.45, 7) is 6.04. The molecule has 0 fully saturated rings. The number of ether oxygens (including phenoxy) is 1. The van der Waals surface area contributed by atoms with Crippen LogP contribution in [0.3, 0.4) is 0 Å². The van der Waals surface area contributed by atoms with Crippen LogP contribution in [0.2, 0.25) is 0 Å². The molecule has 0 spiro atoms. The average molecular weight is 346 g/mol. The highest BCUT2D eigenvalue weighted by Crippen LogP contribution is 2.21. The number of ketones is 1. The molecule has 0 aliphatic rings. The summed E-state index contributed by atoms with van der Waals surface area (Å²) in [5, 5.41) is 3.96. The van der Waals surface area contributed by atoms with Crippen molar-refractivity contribution in [2.45, 2.75) is 33.6 Å². The molecule has 1 aromatic heterocycles. The zero-order valence-electron chi connectivity index (χ0n) is 14.4. The van der Waals surface area contributed by atoms with E-state index in [0.717, 1.165) is 17.1 Å². The van der Waals surface area contributed by atoms with Crippen molar-refractivity contribution < 1.29 is 14.3 Å². The first-order valence-corrected chi connectivity index (χ1v) is 8.59. The number of benzene rings is 1. The first-order valence-electron chi connectivity index (χ1n) is 7.78. The molecule has 0 unspecified atom stereocenters. The fraction of sp³-hybridized carbons (Fsp3) is 0.389. The molecule has 2 aromatic rings. The number of hydrogen-bond acceptors (Lipinski definition) is 5. The number of carbonyl (C=O) groups is 2. The second kappa shape index (κ2) is 8.06. The fourth-order valence-corrected chi connectivity index (χ4v) is 3.43. The smallest absolute Gasteiger partial charge is 0.224 e. The van der Waals surface area contributed by atoms with E-state index < -0.39 is 0 Å². The minimum Gasteiger partial charge on any atom is -0.496 e. The van der Waals surface area contributed by atoms with Crippen molar-refractivity contribution in [2.24, 2.45) is 0 Å². The average Bonchev–Trinajstić information content (AvgIpc) is 2.85. The lowest BCUT2D eigenvalue weighted by molar-refractivity contribution is -0.120. The summed E-state index contributed by atoms with van der Waals surface area (Å²) in [6.07, 6.45) is 0.957. The third kappa shape index (κ3) is 4.64. The van der Waals surface area contributed by atoms with E-state index in [1.165, 1.54) is 11.8 Å². The highest BCUT2D eigenvalue weighted by molar-refractivity contribution is 7.11. The van der Waals surface area contributed by atoms with E-state index in [4.69, 9.17) is 4.74 Å². The molecule has 0 aliphatic carbocycles. The molecule has 0 saturated carbocycles. The molecule has 1 amide bonds. The van der Waals surface area contributed by atoms with Gasteiger partial charge in [0.05, 0.1) is 24.2 Å². The molecule has 6 heteroatoms. The predicted molar refractivity (Wildman–Crippen MR) is 95.0 cm³/mol. The van der Waals surface area contributed by atoms with Gasteiger partial charge in [-0.2, -0.15) is 0 Å². The molecule has 1 aromatic carbocycles. The van der Waals surface area contributed by atoms with Gasteiger partial charge >= 0.3 is 0 Å². The van der Waals surface area contributed by atoms with Crippen molar-refractivity contribution in [3.63, 3.8) is 0 Å². The van der Waals surface area contributed by atoms with Crippen LogP contribution >= 0.6 is 11.3 Å². The number of hydrogen-bond donors (Lipinski definition) is 1. The third-order valence-electron chi connectivity index (χ3n) is 3.71. The Kier molecular flexibility index (Phi) is 6.09. The summed E-state index contributed by atoms with van der Waals surface area (Å²) >= 11 is 1.66. The van der Waals surface area contributed by atoms with Crippen molar-refractivity contribution in [3.8, 4) is 5.75 Å². The van der Waals surface area contributed by atoms with Gasteiger partial charge in [-0.25, -0.2) is 4.98 Å². The van der Waals surface area contributed by atoms with Gasteiger partial charge in [-0.1, -0.05) is 0 Å². The van der Waals surface area contributed by atoms with Crippen molar-refractivity contribution in [3.05, 3.63) is 44.9 Å². The van der Waals surface area contributed by atoms with E-state index in [0.29, 0.717) is 23.4 Å². The van der Waals surface area contributed by atoms with Gasteiger partial charge in [0, 0.05) is 29.0 Å². The zero-order valence-corrected chi connectivity index (χ0v) is 15.3. The topological polar surface area (TPSA) is 68.3 Å². The molecule has 0 radical (unpaired) electrons. The van der Waals surface area contributed by atoms with Crippen LogP contribution in [-0.4, -0.2) is 30.3 Å². The summed E-state index contributed by atoms with van der Waals surface area (Å²) in [6, 6.07) is 5.15. The van der Waals surface area contributed by atoms with E-state index in [2.05, 4.69) is 10.3 Å². The Morgan fingerprint density at radius 2 is 2.04 bits per heavy atom. The van der Waals surface area contributed by atoms with E-state index >= 15 is 0 Å². The molecule has 128 valence electrons. The number of thiazole rings is 1. The molecule has 1 heterocycles. The molecule has 24 heavy (non-hydrogen) atoms. The monoisotopic (exact) mass is 346 g/mol. The van der Waals surface area contributed by atoms with E-state index in [9.17, 15) is 9.59 Å². The van der Waals surface area contributed by atoms with Gasteiger partial charge in [0.15, 0.2) is 5.78 Å². The van der Waals surface area contributed by atoms with Crippen LogP contribution in [0.4, 0.5) is 0 Å². The highest BCUT2D eigenvalue weighted by Gasteiger charge is 2.12. The minimum atomic E-state index is -0.0899. The number of nitrogens with zero attached hydrogens (tertiary/aromatic N) is 1. The van der Waals surface area contributed by atoms with Crippen molar-refractivity contribution >= 4 is 23.0 Å². The molecular weight excluding hydrogens is 324 g/mol. The summed E-state index contributed by atoms with van der Waals surface area (Å²) in [5.74, 6) is 0.493. The van der Waals surface area contributed by atoms with Gasteiger partial charge in [-0.05, 0) is 39.0 Å². The van der Waals surface area contributed by atoms with Crippen LogP contribution in [0.1, 0.15) is 38.4 Å². The van der Waals surface area contributed by atoms with E-state index in [1.807, 2.05) is 13.8 Å². The molecule has 0 aliphatic heterocycles. The van der Waals surface area contributed by atoms with Crippen molar-refractivity contribution in [1.29, 1.82) is 0 Å². The maximum atomic E-state index is 12.2. The number of methoxy groups -OCH3 is 1. The van der Waals surface area contributed by atoms with Gasteiger partial charge in [0.25, 0.3) is 0 Å². The van der Waals surface area contributed by atoms with E-state index in [1.54, 1.807) is 36.6 Å². The van der Waals surface area contributed by atoms with Crippen LogP contribution < -0.4 is 10.1 Å². The van der Waals surface area contributed by atoms with Gasteiger partial charge < -0.3 is 10.1 Å². The lowest BCUT2D eigenvalue weighted by atomic mass is 10.0. The zero-order chi connectivity index (χ0) is 17.7. The number of carbonyl (C=O) groups excluding carboxylic acids is 2. The fourth-order valence-electron chi connectivity index (χ4n) is 2.49. The predicted octanol–water partition coefficient (Wildman–Crippen LogP) is 2.87. The third-order valence-corrected chi connectivity index (χ3v) is 4.84. The second-order valence-corrected chi connectivity index (χ2v) is 6.89. The molecule has 0 saturated heterocycles. The highest BCUT2D eigenvalue weighted by atomic mass is 32.1. The SMILES string of the molecule is COc1ccc(C(C)=O)cc1CC(=O)NCCc1sc(C)nc1C. The molecular formula is C18H22N2O3S. The first-order chi connectivity index (χ1) is 11.4. The number of aromatic nitrogens is 1. The molecule has 0 bridgehead atoms. The quantitative estimate of drug-likeness (QED) is 0.783. The number of rotatable bonds is 7. The maximum Gasteiger partial charge on any atom is 0.224 e. The van der Waals surface area contributed by atoms with Crippen LogP contribution in [0.5, 0.6) is 5.75 Å². The Morgan fingerprint density at radius 3 is 2.62 bits per heavy atom. The maximum absolute atomic E-state index is 12.2. The first kappa shape index (κ1) is 18.1. The number of Topliss-reactive ketones (excluding diaryl/α,β-unsaturated/α-hetero) is 1. The Bertz CT molecular complexity index is 753. The summed E-state index contributed by atoms with van der Waals surface area (Å²) in [5.41, 5.74) is 2.32. The lowest BCUT2D eigenvalue weighted by Crippen LogP contribution is -2.27. The molecule has 2 rings (SSSR count). The number of amides is 1. The van der Waals surface area contributed by atoms with Gasteiger partial charge in [0.2, 0.25) is 5.91 Å².